The SMILES string of the molecule is CNC(CN1CCCN(C)CC1)c1cc(C)ccc1C. The first kappa shape index (κ1) is 15.5. The quantitative estimate of drug-likeness (QED) is 0.909. The summed E-state index contributed by atoms with van der Waals surface area (Å²) in [5.41, 5.74) is 4.19. The number of rotatable bonds is 4. The maximum Gasteiger partial charge on any atom is 0.0449 e. The number of hydrogen-bond acceptors (Lipinski definition) is 3. The van der Waals surface area contributed by atoms with Crippen LogP contribution in [0.3, 0.4) is 0 Å². The summed E-state index contributed by atoms with van der Waals surface area (Å²) >= 11 is 0. The molecule has 0 aliphatic carbocycles. The van der Waals surface area contributed by atoms with Crippen molar-refractivity contribution in [1.29, 1.82) is 0 Å². The molecule has 1 aliphatic heterocycles. The van der Waals surface area contributed by atoms with Gasteiger partial charge >= 0.3 is 0 Å². The molecule has 112 valence electrons. The van der Waals surface area contributed by atoms with Gasteiger partial charge in [-0.3, -0.25) is 0 Å². The molecule has 1 unspecified atom stereocenters. The highest BCUT2D eigenvalue weighted by molar-refractivity contribution is 5.33. The molecular formula is C17H29N3. The highest BCUT2D eigenvalue weighted by Gasteiger charge is 2.18. The highest BCUT2D eigenvalue weighted by atomic mass is 15.2. The van der Waals surface area contributed by atoms with Gasteiger partial charge in [0.25, 0.3) is 0 Å². The van der Waals surface area contributed by atoms with E-state index in [9.17, 15) is 0 Å². The van der Waals surface area contributed by atoms with Gasteiger partial charge < -0.3 is 15.1 Å². The van der Waals surface area contributed by atoms with E-state index in [2.05, 4.69) is 61.3 Å². The van der Waals surface area contributed by atoms with Crippen molar-refractivity contribution in [1.82, 2.24) is 15.1 Å². The summed E-state index contributed by atoms with van der Waals surface area (Å²) in [4.78, 5) is 5.04. The molecule has 1 aliphatic rings. The molecule has 1 heterocycles. The van der Waals surface area contributed by atoms with Crippen LogP contribution >= 0.6 is 0 Å². The molecule has 0 amide bonds. The Balaban J connectivity index is 2.06. The van der Waals surface area contributed by atoms with Crippen LogP contribution in [-0.2, 0) is 0 Å². The third-order valence-electron chi connectivity index (χ3n) is 4.41. The molecule has 1 atom stereocenters. The number of aryl methyl sites for hydroxylation is 2. The normalized spacial score (nSPS) is 19.8. The predicted molar refractivity (Wildman–Crippen MR) is 86.3 cm³/mol. The number of nitrogens with one attached hydrogen (secondary N) is 1. The summed E-state index contributed by atoms with van der Waals surface area (Å²) in [6.45, 7) is 10.3. The lowest BCUT2D eigenvalue weighted by Crippen LogP contribution is -2.36. The molecule has 20 heavy (non-hydrogen) atoms. The summed E-state index contributed by atoms with van der Waals surface area (Å²) in [6, 6.07) is 7.20. The summed E-state index contributed by atoms with van der Waals surface area (Å²) in [5.74, 6) is 0. The monoisotopic (exact) mass is 275 g/mol. The van der Waals surface area contributed by atoms with Gasteiger partial charge in [0.1, 0.15) is 0 Å². The first-order chi connectivity index (χ1) is 9.60. The smallest absolute Gasteiger partial charge is 0.0449 e. The van der Waals surface area contributed by atoms with E-state index in [1.165, 1.54) is 49.3 Å². The molecule has 0 radical (unpaired) electrons. The average molecular weight is 275 g/mol. The second kappa shape index (κ2) is 7.21. The maximum atomic E-state index is 3.51. The molecule has 0 aromatic heterocycles. The van der Waals surface area contributed by atoms with Gasteiger partial charge in [0, 0.05) is 25.7 Å². The maximum absolute atomic E-state index is 3.51. The Morgan fingerprint density at radius 2 is 1.95 bits per heavy atom. The van der Waals surface area contributed by atoms with Gasteiger partial charge in [0.05, 0.1) is 0 Å². The van der Waals surface area contributed by atoms with E-state index in [0.29, 0.717) is 6.04 Å². The molecule has 1 aromatic carbocycles. The lowest BCUT2D eigenvalue weighted by atomic mass is 9.98. The lowest BCUT2D eigenvalue weighted by molar-refractivity contribution is 0.251. The van der Waals surface area contributed by atoms with Crippen LogP contribution in [0.2, 0.25) is 0 Å². The van der Waals surface area contributed by atoms with Gasteiger partial charge in [-0.15, -0.1) is 0 Å². The Morgan fingerprint density at radius 3 is 2.70 bits per heavy atom. The van der Waals surface area contributed by atoms with Crippen LogP contribution in [0.5, 0.6) is 0 Å². The highest BCUT2D eigenvalue weighted by Crippen LogP contribution is 2.20. The Kier molecular flexibility index (Phi) is 5.58. The molecule has 0 bridgehead atoms. The van der Waals surface area contributed by atoms with E-state index in [1.54, 1.807) is 0 Å². The van der Waals surface area contributed by atoms with E-state index in [-0.39, 0.29) is 0 Å². The van der Waals surface area contributed by atoms with Crippen LogP contribution in [0.4, 0.5) is 0 Å². The van der Waals surface area contributed by atoms with Crippen LogP contribution in [0.15, 0.2) is 18.2 Å². The van der Waals surface area contributed by atoms with Crippen molar-refractivity contribution in [3.8, 4) is 0 Å². The Morgan fingerprint density at radius 1 is 1.15 bits per heavy atom. The minimum absolute atomic E-state index is 0.429. The van der Waals surface area contributed by atoms with E-state index in [0.717, 1.165) is 6.54 Å². The zero-order chi connectivity index (χ0) is 14.5. The molecular weight excluding hydrogens is 246 g/mol. The molecule has 2 rings (SSSR count). The van der Waals surface area contributed by atoms with Crippen molar-refractivity contribution < 1.29 is 0 Å². The molecule has 1 aromatic rings. The number of nitrogens with zero attached hydrogens (tertiary/aromatic N) is 2. The minimum atomic E-state index is 0.429. The molecule has 0 saturated carbocycles. The second-order valence-electron chi connectivity index (χ2n) is 6.16. The van der Waals surface area contributed by atoms with Crippen LogP contribution in [0, 0.1) is 13.8 Å². The van der Waals surface area contributed by atoms with Crippen molar-refractivity contribution in [2.45, 2.75) is 26.3 Å². The third-order valence-corrected chi connectivity index (χ3v) is 4.41. The Bertz CT molecular complexity index is 430. The standard InChI is InChI=1S/C17H29N3/c1-14-6-7-15(2)16(12-14)17(18-3)13-20-9-5-8-19(4)10-11-20/h6-7,12,17-18H,5,8-11,13H2,1-4H3. The zero-order valence-corrected chi connectivity index (χ0v) is 13.4. The number of hydrogen-bond donors (Lipinski definition) is 1. The molecule has 0 spiro atoms. The minimum Gasteiger partial charge on any atom is -0.312 e. The van der Waals surface area contributed by atoms with Crippen LogP contribution in [0.25, 0.3) is 0 Å². The summed E-state index contributed by atoms with van der Waals surface area (Å²) in [6.07, 6.45) is 1.28. The average Bonchev–Trinajstić information content (AvgIpc) is 2.64. The molecule has 1 N–H and O–H groups in total. The van der Waals surface area contributed by atoms with E-state index in [1.807, 2.05) is 0 Å². The fourth-order valence-electron chi connectivity index (χ4n) is 3.02. The van der Waals surface area contributed by atoms with Crippen molar-refractivity contribution in [2.24, 2.45) is 0 Å². The van der Waals surface area contributed by atoms with Gasteiger partial charge in [-0.2, -0.15) is 0 Å². The fourth-order valence-corrected chi connectivity index (χ4v) is 3.02. The zero-order valence-electron chi connectivity index (χ0n) is 13.4. The van der Waals surface area contributed by atoms with Gasteiger partial charge in [0.15, 0.2) is 0 Å². The molecule has 3 heteroatoms. The van der Waals surface area contributed by atoms with Gasteiger partial charge in [-0.25, -0.2) is 0 Å². The lowest BCUT2D eigenvalue weighted by Gasteiger charge is -2.27. The van der Waals surface area contributed by atoms with E-state index in [4.69, 9.17) is 0 Å². The molecule has 1 saturated heterocycles. The molecule has 1 fully saturated rings. The van der Waals surface area contributed by atoms with E-state index >= 15 is 0 Å². The summed E-state index contributed by atoms with van der Waals surface area (Å²) < 4.78 is 0. The third kappa shape index (κ3) is 4.05. The van der Waals surface area contributed by atoms with Crippen molar-refractivity contribution in [2.75, 3.05) is 46.8 Å². The van der Waals surface area contributed by atoms with Gasteiger partial charge in [-0.1, -0.05) is 23.8 Å². The first-order valence-electron chi connectivity index (χ1n) is 7.75. The largest absolute Gasteiger partial charge is 0.312 e. The predicted octanol–water partition coefficient (Wildman–Crippen LogP) is 2.20. The summed E-state index contributed by atoms with van der Waals surface area (Å²) in [7, 11) is 4.31. The Labute approximate surface area is 124 Å². The van der Waals surface area contributed by atoms with Gasteiger partial charge in [0.2, 0.25) is 0 Å². The van der Waals surface area contributed by atoms with Crippen molar-refractivity contribution in [3.05, 3.63) is 34.9 Å². The van der Waals surface area contributed by atoms with Crippen molar-refractivity contribution in [3.63, 3.8) is 0 Å². The topological polar surface area (TPSA) is 18.5 Å². The Hall–Kier alpha value is -0.900. The van der Waals surface area contributed by atoms with Crippen LogP contribution in [-0.4, -0.2) is 56.6 Å². The second-order valence-corrected chi connectivity index (χ2v) is 6.16. The van der Waals surface area contributed by atoms with Crippen LogP contribution in [0.1, 0.15) is 29.2 Å². The summed E-state index contributed by atoms with van der Waals surface area (Å²) in [5, 5.41) is 3.51. The fraction of sp³-hybridized carbons (Fsp3) is 0.647. The van der Waals surface area contributed by atoms with Crippen molar-refractivity contribution >= 4 is 0 Å². The van der Waals surface area contributed by atoms with E-state index < -0.39 is 0 Å². The molecule has 3 nitrogen and oxygen atoms in total. The first-order valence-corrected chi connectivity index (χ1v) is 7.75. The van der Waals surface area contributed by atoms with Gasteiger partial charge in [-0.05, 0) is 58.6 Å². The number of likely N-dealkylation sites (N-methyl/N-ethyl adjacent to an activating group) is 2. The van der Waals surface area contributed by atoms with Crippen LogP contribution < -0.4 is 5.32 Å². The number of benzene rings is 1.